The molecule has 0 aliphatic carbocycles. The summed E-state index contributed by atoms with van der Waals surface area (Å²) in [6, 6.07) is 4.82. The van der Waals surface area contributed by atoms with Crippen LogP contribution >= 0.6 is 11.6 Å². The molecule has 34 heavy (non-hydrogen) atoms. The van der Waals surface area contributed by atoms with E-state index in [0.29, 0.717) is 6.42 Å². The van der Waals surface area contributed by atoms with Crippen LogP contribution in [0.3, 0.4) is 0 Å². The third-order valence-corrected chi connectivity index (χ3v) is 7.23. The van der Waals surface area contributed by atoms with Crippen LogP contribution in [0.4, 0.5) is 9.18 Å². The average Bonchev–Trinajstić information content (AvgIpc) is 2.93. The number of alkyl carbamates (subject to hydrolysis) is 1. The molecule has 0 spiro atoms. The number of nitrogens with zero attached hydrogens (tertiary/aromatic N) is 3. The highest BCUT2D eigenvalue weighted by atomic mass is 35.5. The molecule has 0 aliphatic rings. The van der Waals surface area contributed by atoms with Gasteiger partial charge in [0, 0.05) is 38.3 Å². The number of aryl methyl sites for hydroxylation is 1. The smallest absolute Gasteiger partial charge is 0.407 e. The fourth-order valence-electron chi connectivity index (χ4n) is 3.18. The van der Waals surface area contributed by atoms with E-state index in [1.165, 1.54) is 26.2 Å². The maximum atomic E-state index is 14.4. The lowest BCUT2D eigenvalue weighted by molar-refractivity contribution is 0.0534. The van der Waals surface area contributed by atoms with Gasteiger partial charge in [0.1, 0.15) is 16.3 Å². The van der Waals surface area contributed by atoms with Crippen molar-refractivity contribution in [1.82, 2.24) is 19.4 Å². The van der Waals surface area contributed by atoms with Crippen molar-refractivity contribution in [3.63, 3.8) is 0 Å². The van der Waals surface area contributed by atoms with E-state index in [2.05, 4.69) is 10.4 Å². The summed E-state index contributed by atoms with van der Waals surface area (Å²) >= 11 is 6.26. The van der Waals surface area contributed by atoms with Gasteiger partial charge in [0.2, 0.25) is 10.0 Å². The molecule has 0 fully saturated rings. The Morgan fingerprint density at radius 2 is 1.94 bits per heavy atom. The molecule has 0 aliphatic heterocycles. The predicted octanol–water partition coefficient (Wildman–Crippen LogP) is 4.37. The van der Waals surface area contributed by atoms with E-state index in [9.17, 15) is 17.6 Å². The van der Waals surface area contributed by atoms with Gasteiger partial charge in [0.15, 0.2) is 0 Å². The number of halogens is 2. The molecule has 0 bridgehead atoms. The number of sulfonamides is 1. The second kappa shape index (κ2) is 10.9. The molecule has 1 heterocycles. The molecule has 1 aromatic carbocycles. The molecule has 1 N–H and O–H groups in total. The molecule has 1 aromatic heterocycles. The molecule has 0 saturated heterocycles. The topological polar surface area (TPSA) is 93.5 Å². The van der Waals surface area contributed by atoms with Crippen LogP contribution in [-0.2, 0) is 27.7 Å². The maximum Gasteiger partial charge on any atom is 0.407 e. The summed E-state index contributed by atoms with van der Waals surface area (Å²) in [7, 11) is -0.750. The van der Waals surface area contributed by atoms with Crippen LogP contribution in [0.15, 0.2) is 35.0 Å². The predicted molar refractivity (Wildman–Crippen MR) is 130 cm³/mol. The van der Waals surface area contributed by atoms with Crippen LogP contribution in [0.5, 0.6) is 0 Å². The van der Waals surface area contributed by atoms with Gasteiger partial charge in [0.05, 0.1) is 17.3 Å². The number of amides is 1. The Balaban J connectivity index is 2.11. The van der Waals surface area contributed by atoms with Gasteiger partial charge < -0.3 is 10.1 Å². The van der Waals surface area contributed by atoms with E-state index in [-0.39, 0.29) is 23.0 Å². The number of ether oxygens (including phenoxy) is 1. The van der Waals surface area contributed by atoms with Crippen molar-refractivity contribution in [2.45, 2.75) is 58.1 Å². The Hall–Kier alpha value is -2.43. The number of hydrogen-bond acceptors (Lipinski definition) is 5. The number of carbonyl (C=O) groups excluding carboxylic acids is 1. The average molecular weight is 515 g/mol. The van der Waals surface area contributed by atoms with Crippen molar-refractivity contribution in [2.75, 3.05) is 20.6 Å². The van der Waals surface area contributed by atoms with E-state index in [1.54, 1.807) is 37.6 Å². The Labute approximate surface area is 205 Å². The molecule has 0 atom stereocenters. The summed E-state index contributed by atoms with van der Waals surface area (Å²) in [6.07, 6.45) is 1.11. The number of allylic oxidation sites excluding steroid dienone is 1. The molecule has 2 aromatic rings. The number of rotatable bonds is 8. The maximum absolute atomic E-state index is 14.4. The van der Waals surface area contributed by atoms with Gasteiger partial charge in [-0.25, -0.2) is 21.9 Å². The van der Waals surface area contributed by atoms with Gasteiger partial charge in [-0.15, -0.1) is 0 Å². The third kappa shape index (κ3) is 7.28. The fourth-order valence-corrected chi connectivity index (χ4v) is 4.61. The van der Waals surface area contributed by atoms with E-state index in [1.807, 2.05) is 13.8 Å². The lowest BCUT2D eigenvalue weighted by Gasteiger charge is -2.19. The standard InChI is InChI=1S/C23H32ClFN4O4S/c1-15-19(12-17-8-9-21(20(24)13-17)34(31,32)28(6)7)16(2)29(27-15)14-18(25)10-11-26-22(30)33-23(3,4)5/h8-10,13H,11-12,14H2,1-7H3,(H,26,30)/b18-10-. The highest BCUT2D eigenvalue weighted by Crippen LogP contribution is 2.27. The normalized spacial score (nSPS) is 12.8. The second-order valence-corrected chi connectivity index (χ2v) is 11.6. The van der Waals surface area contributed by atoms with Gasteiger partial charge in [0.25, 0.3) is 0 Å². The van der Waals surface area contributed by atoms with Crippen LogP contribution in [0, 0.1) is 13.8 Å². The van der Waals surface area contributed by atoms with E-state index in [4.69, 9.17) is 16.3 Å². The Morgan fingerprint density at radius 3 is 2.50 bits per heavy atom. The van der Waals surface area contributed by atoms with Crippen molar-refractivity contribution < 1.29 is 22.3 Å². The Morgan fingerprint density at radius 1 is 1.29 bits per heavy atom. The van der Waals surface area contributed by atoms with Gasteiger partial charge in [-0.2, -0.15) is 5.10 Å². The molecular weight excluding hydrogens is 483 g/mol. The molecule has 188 valence electrons. The highest BCUT2D eigenvalue weighted by molar-refractivity contribution is 7.89. The van der Waals surface area contributed by atoms with Crippen molar-refractivity contribution in [3.05, 3.63) is 57.6 Å². The van der Waals surface area contributed by atoms with Crippen LogP contribution in [0.25, 0.3) is 0 Å². The summed E-state index contributed by atoms with van der Waals surface area (Å²) in [6.45, 7) is 8.83. The Kier molecular flexibility index (Phi) is 8.90. The molecule has 8 nitrogen and oxygen atoms in total. The quantitative estimate of drug-likeness (QED) is 0.564. The molecular formula is C23H32ClFN4O4S. The zero-order chi connectivity index (χ0) is 25.8. The molecule has 0 unspecified atom stereocenters. The second-order valence-electron chi connectivity index (χ2n) is 9.07. The summed E-state index contributed by atoms with van der Waals surface area (Å²) in [5, 5.41) is 7.05. The van der Waals surface area contributed by atoms with Crippen LogP contribution in [0.1, 0.15) is 43.3 Å². The Bertz CT molecular complexity index is 1180. The first-order chi connectivity index (χ1) is 15.6. The number of aromatic nitrogens is 2. The molecule has 0 radical (unpaired) electrons. The lowest BCUT2D eigenvalue weighted by atomic mass is 10.0. The number of nitrogens with one attached hydrogen (secondary N) is 1. The SMILES string of the molecule is Cc1nn(C/C(F)=C/CNC(=O)OC(C)(C)C)c(C)c1Cc1ccc(S(=O)(=O)N(C)C)c(Cl)c1. The molecule has 0 saturated carbocycles. The lowest BCUT2D eigenvalue weighted by Crippen LogP contribution is -2.32. The van der Waals surface area contributed by atoms with Gasteiger partial charge in [-0.3, -0.25) is 4.68 Å². The minimum absolute atomic E-state index is 0.00634. The fraction of sp³-hybridized carbons (Fsp3) is 0.478. The van der Waals surface area contributed by atoms with E-state index in [0.717, 1.165) is 26.8 Å². The zero-order valence-corrected chi connectivity index (χ0v) is 22.1. The summed E-state index contributed by atoms with van der Waals surface area (Å²) in [5.74, 6) is -0.450. The zero-order valence-electron chi connectivity index (χ0n) is 20.6. The summed E-state index contributed by atoms with van der Waals surface area (Å²) < 4.78 is 46.9. The van der Waals surface area contributed by atoms with Crippen LogP contribution in [0.2, 0.25) is 5.02 Å². The van der Waals surface area contributed by atoms with Crippen molar-refractivity contribution >= 4 is 27.7 Å². The van der Waals surface area contributed by atoms with Gasteiger partial charge in [-0.1, -0.05) is 17.7 Å². The van der Waals surface area contributed by atoms with Gasteiger partial charge in [-0.05, 0) is 58.4 Å². The summed E-state index contributed by atoms with van der Waals surface area (Å²) in [4.78, 5) is 11.7. The first-order valence-electron chi connectivity index (χ1n) is 10.7. The largest absolute Gasteiger partial charge is 0.444 e. The van der Waals surface area contributed by atoms with Crippen LogP contribution < -0.4 is 5.32 Å². The number of benzene rings is 1. The van der Waals surface area contributed by atoms with Crippen molar-refractivity contribution in [2.24, 2.45) is 0 Å². The third-order valence-electron chi connectivity index (χ3n) is 4.94. The molecule has 2 rings (SSSR count). The first-order valence-corrected chi connectivity index (χ1v) is 12.5. The van der Waals surface area contributed by atoms with Gasteiger partial charge >= 0.3 is 6.09 Å². The van der Waals surface area contributed by atoms with E-state index < -0.39 is 27.5 Å². The van der Waals surface area contributed by atoms with E-state index >= 15 is 0 Å². The minimum atomic E-state index is -3.64. The highest BCUT2D eigenvalue weighted by Gasteiger charge is 2.21. The molecule has 1 amide bonds. The first kappa shape index (κ1) is 27.8. The summed E-state index contributed by atoms with van der Waals surface area (Å²) in [5.41, 5.74) is 2.60. The minimum Gasteiger partial charge on any atom is -0.444 e. The van der Waals surface area contributed by atoms with Crippen LogP contribution in [-0.4, -0.2) is 54.8 Å². The van der Waals surface area contributed by atoms with Crippen molar-refractivity contribution in [1.29, 1.82) is 0 Å². The van der Waals surface area contributed by atoms with Crippen molar-refractivity contribution in [3.8, 4) is 0 Å². The monoisotopic (exact) mass is 514 g/mol. The molecule has 11 heteroatoms. The number of hydrogen-bond donors (Lipinski definition) is 1. The number of carbonyl (C=O) groups is 1.